The topological polar surface area (TPSA) is 167 Å². The zero-order valence-corrected chi connectivity index (χ0v) is 18.9. The van der Waals surface area contributed by atoms with Crippen LogP contribution in [-0.4, -0.2) is 69.7 Å². The second-order valence-corrected chi connectivity index (χ2v) is 8.49. The average molecular weight is 477 g/mol. The van der Waals surface area contributed by atoms with Gasteiger partial charge in [0, 0.05) is 43.3 Å². The summed E-state index contributed by atoms with van der Waals surface area (Å²) >= 11 is 0. The van der Waals surface area contributed by atoms with Crippen LogP contribution >= 0.6 is 0 Å². The highest BCUT2D eigenvalue weighted by Gasteiger charge is 2.28. The molecule has 0 unspecified atom stereocenters. The number of pyridine rings is 2. The van der Waals surface area contributed by atoms with Gasteiger partial charge in [-0.3, -0.25) is 24.1 Å². The number of aromatic nitrogens is 6. The van der Waals surface area contributed by atoms with Crippen molar-refractivity contribution in [2.24, 2.45) is 0 Å². The summed E-state index contributed by atoms with van der Waals surface area (Å²) in [5, 5.41) is 19.0. The van der Waals surface area contributed by atoms with Crippen LogP contribution in [-0.2, 0) is 11.4 Å². The van der Waals surface area contributed by atoms with Gasteiger partial charge >= 0.3 is 5.69 Å². The molecule has 1 fully saturated rings. The predicted octanol–water partition coefficient (Wildman–Crippen LogP) is 0.127. The van der Waals surface area contributed by atoms with Crippen LogP contribution in [0, 0.1) is 0 Å². The van der Waals surface area contributed by atoms with E-state index in [-0.39, 0.29) is 29.8 Å². The van der Waals surface area contributed by atoms with E-state index in [1.165, 1.54) is 17.7 Å². The van der Waals surface area contributed by atoms with Crippen molar-refractivity contribution in [2.75, 3.05) is 13.1 Å². The maximum Gasteiger partial charge on any atom is 0.329 e. The summed E-state index contributed by atoms with van der Waals surface area (Å²) in [7, 11) is 0. The number of aliphatic hydroxyl groups is 2. The Hall–Kier alpha value is -4.03. The second-order valence-electron chi connectivity index (χ2n) is 8.49. The van der Waals surface area contributed by atoms with E-state index in [4.69, 9.17) is 4.98 Å². The molecule has 0 aromatic carbocycles. The zero-order valence-electron chi connectivity index (χ0n) is 18.9. The fourth-order valence-electron chi connectivity index (χ4n) is 4.48. The molecular formula is C23H23N7O5. The van der Waals surface area contributed by atoms with E-state index in [9.17, 15) is 24.6 Å². The molecule has 0 spiro atoms. The van der Waals surface area contributed by atoms with Crippen LogP contribution in [0.5, 0.6) is 0 Å². The number of amides is 1. The number of nitrogens with one attached hydrogen (secondary N) is 1. The third-order valence-electron chi connectivity index (χ3n) is 6.25. The number of piperidine rings is 1. The van der Waals surface area contributed by atoms with Gasteiger partial charge in [0.05, 0.1) is 22.1 Å². The maximum atomic E-state index is 13.0. The van der Waals surface area contributed by atoms with Gasteiger partial charge in [0.1, 0.15) is 18.2 Å². The Labute approximate surface area is 197 Å². The Kier molecular flexibility index (Phi) is 5.83. The largest absolute Gasteiger partial charge is 0.388 e. The number of carbonyl (C=O) groups is 1. The highest BCUT2D eigenvalue weighted by molar-refractivity contribution is 6.01. The number of aromatic amines is 1. The molecule has 12 heteroatoms. The summed E-state index contributed by atoms with van der Waals surface area (Å²) in [6, 6.07) is 3.20. The standard InChI is InChI=1S/C23H23N7O5/c1-12(32)22(34)29-6-4-14(5-7-29)30-20-15(21(33)28-23(30)35)10-24-17-3-2-16(27-19(17)20)13-8-25-18(11-31)26-9-13/h2-3,8-10,12,14,31-32H,4-7,11H2,1H3,(H,28,33,35)/t12-/m0/s1. The minimum Gasteiger partial charge on any atom is -0.388 e. The van der Waals surface area contributed by atoms with Crippen molar-refractivity contribution in [1.29, 1.82) is 0 Å². The minimum atomic E-state index is -1.09. The average Bonchev–Trinajstić information content (AvgIpc) is 2.88. The summed E-state index contributed by atoms with van der Waals surface area (Å²) in [5.41, 5.74) is 1.28. The molecule has 1 aliphatic heterocycles. The molecule has 3 N–H and O–H groups in total. The van der Waals surface area contributed by atoms with E-state index in [2.05, 4.69) is 19.9 Å². The fourth-order valence-corrected chi connectivity index (χ4v) is 4.48. The molecule has 5 rings (SSSR count). The van der Waals surface area contributed by atoms with Crippen molar-refractivity contribution in [3.05, 3.63) is 57.4 Å². The highest BCUT2D eigenvalue weighted by atomic mass is 16.3. The van der Waals surface area contributed by atoms with Crippen molar-refractivity contribution >= 4 is 27.8 Å². The molecule has 4 aromatic heterocycles. The summed E-state index contributed by atoms with van der Waals surface area (Å²) in [5.74, 6) is -0.0695. The van der Waals surface area contributed by atoms with Crippen LogP contribution in [0.3, 0.4) is 0 Å². The molecule has 0 bridgehead atoms. The molecule has 1 aliphatic rings. The number of carbonyl (C=O) groups excluding carboxylic acids is 1. The first kappa shape index (κ1) is 22.7. The van der Waals surface area contributed by atoms with Gasteiger partial charge in [-0.1, -0.05) is 0 Å². The van der Waals surface area contributed by atoms with Crippen molar-refractivity contribution < 1.29 is 15.0 Å². The molecule has 35 heavy (non-hydrogen) atoms. The lowest BCUT2D eigenvalue weighted by Crippen LogP contribution is -2.45. The number of hydrogen-bond acceptors (Lipinski definition) is 9. The van der Waals surface area contributed by atoms with E-state index >= 15 is 0 Å². The Bertz CT molecular complexity index is 1540. The number of nitrogens with zero attached hydrogens (tertiary/aromatic N) is 6. The first-order valence-corrected chi connectivity index (χ1v) is 11.2. The number of likely N-dealkylation sites (tertiary alicyclic amines) is 1. The van der Waals surface area contributed by atoms with Gasteiger partial charge in [-0.2, -0.15) is 0 Å². The molecule has 180 valence electrons. The van der Waals surface area contributed by atoms with Gasteiger partial charge < -0.3 is 15.1 Å². The SMILES string of the molecule is C[C@H](O)C(=O)N1CCC(n2c(=O)[nH]c(=O)c3cnc4ccc(-c5cnc(CO)nc5)nc4c32)CC1. The lowest BCUT2D eigenvalue weighted by atomic mass is 10.0. The van der Waals surface area contributed by atoms with Crippen molar-refractivity contribution in [2.45, 2.75) is 38.5 Å². The molecule has 0 aliphatic carbocycles. The summed E-state index contributed by atoms with van der Waals surface area (Å²) in [6.07, 6.45) is 4.37. The summed E-state index contributed by atoms with van der Waals surface area (Å²) < 4.78 is 1.53. The van der Waals surface area contributed by atoms with Crippen LogP contribution in [0.1, 0.15) is 31.6 Å². The first-order chi connectivity index (χ1) is 16.9. The van der Waals surface area contributed by atoms with Gasteiger partial charge in [0.2, 0.25) is 0 Å². The maximum absolute atomic E-state index is 13.0. The number of aliphatic hydroxyl groups excluding tert-OH is 2. The Morgan fingerprint density at radius 2 is 1.86 bits per heavy atom. The smallest absolute Gasteiger partial charge is 0.329 e. The van der Waals surface area contributed by atoms with Gasteiger partial charge in [-0.15, -0.1) is 0 Å². The molecule has 1 amide bonds. The summed E-state index contributed by atoms with van der Waals surface area (Å²) in [6.45, 7) is 1.89. The van der Waals surface area contributed by atoms with Crippen molar-refractivity contribution in [3.63, 3.8) is 0 Å². The Morgan fingerprint density at radius 3 is 2.51 bits per heavy atom. The van der Waals surface area contributed by atoms with Crippen LogP contribution in [0.2, 0.25) is 0 Å². The third-order valence-corrected chi connectivity index (χ3v) is 6.25. The first-order valence-electron chi connectivity index (χ1n) is 11.2. The van der Waals surface area contributed by atoms with Gasteiger partial charge in [0.25, 0.3) is 11.5 Å². The van der Waals surface area contributed by atoms with Crippen molar-refractivity contribution in [1.82, 2.24) is 34.4 Å². The molecule has 1 saturated heterocycles. The molecule has 0 radical (unpaired) electrons. The molecule has 4 aromatic rings. The Balaban J connectivity index is 1.65. The van der Waals surface area contributed by atoms with E-state index in [1.807, 2.05) is 0 Å². The normalized spacial score (nSPS) is 15.6. The van der Waals surface area contributed by atoms with E-state index < -0.39 is 17.4 Å². The number of rotatable bonds is 4. The fraction of sp³-hybridized carbons (Fsp3) is 0.348. The number of hydrogen-bond donors (Lipinski definition) is 3. The van der Waals surface area contributed by atoms with E-state index in [0.29, 0.717) is 53.7 Å². The van der Waals surface area contributed by atoms with Crippen LogP contribution < -0.4 is 11.2 Å². The molecule has 5 heterocycles. The van der Waals surface area contributed by atoms with Crippen LogP contribution in [0.4, 0.5) is 0 Å². The zero-order chi connectivity index (χ0) is 24.7. The van der Waals surface area contributed by atoms with Gasteiger partial charge in [0.15, 0.2) is 5.82 Å². The van der Waals surface area contributed by atoms with Gasteiger partial charge in [-0.05, 0) is 31.9 Å². The summed E-state index contributed by atoms with van der Waals surface area (Å²) in [4.78, 5) is 59.1. The predicted molar refractivity (Wildman–Crippen MR) is 125 cm³/mol. The lowest BCUT2D eigenvalue weighted by Gasteiger charge is -2.34. The highest BCUT2D eigenvalue weighted by Crippen LogP contribution is 2.28. The van der Waals surface area contributed by atoms with Crippen LogP contribution in [0.25, 0.3) is 33.2 Å². The van der Waals surface area contributed by atoms with Crippen LogP contribution in [0.15, 0.2) is 40.3 Å². The molecule has 12 nitrogen and oxygen atoms in total. The molecule has 0 saturated carbocycles. The van der Waals surface area contributed by atoms with E-state index in [1.54, 1.807) is 29.4 Å². The Morgan fingerprint density at radius 1 is 1.14 bits per heavy atom. The quantitative estimate of drug-likeness (QED) is 0.346. The third kappa shape index (κ3) is 4.06. The van der Waals surface area contributed by atoms with E-state index in [0.717, 1.165) is 0 Å². The van der Waals surface area contributed by atoms with Gasteiger partial charge in [-0.25, -0.2) is 19.7 Å². The molecule has 1 atom stereocenters. The minimum absolute atomic E-state index is 0.233. The lowest BCUT2D eigenvalue weighted by molar-refractivity contribution is -0.140. The second kappa shape index (κ2) is 8.96. The monoisotopic (exact) mass is 477 g/mol. The molecular weight excluding hydrogens is 454 g/mol. The number of H-pyrrole nitrogens is 1. The van der Waals surface area contributed by atoms with Crippen molar-refractivity contribution in [3.8, 4) is 11.3 Å². The number of fused-ring (bicyclic) bond motifs is 3.